The topological polar surface area (TPSA) is 66.0 Å². The van der Waals surface area contributed by atoms with Crippen LogP contribution >= 0.6 is 11.3 Å². The van der Waals surface area contributed by atoms with Crippen molar-refractivity contribution >= 4 is 17.4 Å². The Kier molecular flexibility index (Phi) is 6.20. The molecule has 0 aliphatic heterocycles. The lowest BCUT2D eigenvalue weighted by atomic mass is 9.82. The molecule has 0 radical (unpaired) electrons. The minimum absolute atomic E-state index is 0.0770. The number of urea groups is 1. The van der Waals surface area contributed by atoms with E-state index in [1.54, 1.807) is 11.3 Å². The number of carbonyl (C=O) groups excluding carboxylic acids is 1. The molecule has 1 heterocycles. The fraction of sp³-hybridized carbons (Fsp3) is 0.750. The summed E-state index contributed by atoms with van der Waals surface area (Å²) in [6, 6.07) is -0.0830. The predicted molar refractivity (Wildman–Crippen MR) is 91.5 cm³/mol. The van der Waals surface area contributed by atoms with Gasteiger partial charge in [-0.25, -0.2) is 9.78 Å². The molecule has 1 unspecified atom stereocenters. The lowest BCUT2D eigenvalue weighted by Crippen LogP contribution is -2.54. The summed E-state index contributed by atoms with van der Waals surface area (Å²) in [5.74, 6) is 0.248. The van der Waals surface area contributed by atoms with Gasteiger partial charge in [-0.1, -0.05) is 26.2 Å². The van der Waals surface area contributed by atoms with Crippen LogP contribution in [0.5, 0.6) is 0 Å². The second-order valence-corrected chi connectivity index (χ2v) is 7.27. The molecule has 124 valence electrons. The number of aryl methyl sites for hydroxylation is 1. The highest BCUT2D eigenvalue weighted by Gasteiger charge is 2.30. The minimum atomic E-state index is -0.0830. The Bertz CT molecular complexity index is 482. The molecule has 2 amide bonds. The average molecular weight is 324 g/mol. The Balaban J connectivity index is 1.73. The van der Waals surface area contributed by atoms with Crippen molar-refractivity contribution in [2.24, 2.45) is 0 Å². The van der Waals surface area contributed by atoms with Gasteiger partial charge in [0.15, 0.2) is 0 Å². The van der Waals surface area contributed by atoms with E-state index >= 15 is 0 Å². The van der Waals surface area contributed by atoms with E-state index in [2.05, 4.69) is 27.9 Å². The largest absolute Gasteiger partial charge is 0.337 e. The number of carbonyl (C=O) groups is 1. The van der Waals surface area contributed by atoms with Crippen molar-refractivity contribution in [3.8, 4) is 0 Å². The quantitative estimate of drug-likeness (QED) is 0.754. The van der Waals surface area contributed by atoms with Crippen LogP contribution in [0.25, 0.3) is 0 Å². The van der Waals surface area contributed by atoms with Crippen molar-refractivity contribution in [1.82, 2.24) is 20.9 Å². The first kappa shape index (κ1) is 17.2. The fourth-order valence-electron chi connectivity index (χ4n) is 2.99. The first-order valence-electron chi connectivity index (χ1n) is 8.17. The Morgan fingerprint density at radius 1 is 1.36 bits per heavy atom. The van der Waals surface area contributed by atoms with E-state index in [0.717, 1.165) is 23.5 Å². The molecule has 1 saturated carbocycles. The third-order valence-corrected chi connectivity index (χ3v) is 5.75. The Morgan fingerprint density at radius 3 is 2.68 bits per heavy atom. The predicted octanol–water partition coefficient (Wildman–Crippen LogP) is 2.78. The smallest absolute Gasteiger partial charge is 0.314 e. The van der Waals surface area contributed by atoms with Gasteiger partial charge in [-0.3, -0.25) is 0 Å². The highest BCUT2D eigenvalue weighted by Crippen LogP contribution is 2.27. The maximum atomic E-state index is 12.0. The van der Waals surface area contributed by atoms with Crippen LogP contribution in [0.15, 0.2) is 5.38 Å². The first-order chi connectivity index (χ1) is 10.5. The van der Waals surface area contributed by atoms with Gasteiger partial charge < -0.3 is 16.0 Å². The molecule has 1 aromatic rings. The van der Waals surface area contributed by atoms with Gasteiger partial charge in [-0.2, -0.15) is 0 Å². The zero-order chi connectivity index (χ0) is 16.0. The zero-order valence-electron chi connectivity index (χ0n) is 13.9. The highest BCUT2D eigenvalue weighted by atomic mass is 32.1. The number of hydrogen-bond acceptors (Lipinski definition) is 4. The van der Waals surface area contributed by atoms with Crippen molar-refractivity contribution in [3.05, 3.63) is 16.1 Å². The Morgan fingerprint density at radius 2 is 2.09 bits per heavy atom. The number of thiazole rings is 1. The summed E-state index contributed by atoms with van der Waals surface area (Å²) in [5.41, 5.74) is 1.12. The summed E-state index contributed by atoms with van der Waals surface area (Å²) in [4.78, 5) is 16.5. The van der Waals surface area contributed by atoms with Gasteiger partial charge in [0, 0.05) is 35.6 Å². The van der Waals surface area contributed by atoms with E-state index in [1.807, 2.05) is 19.4 Å². The third-order valence-electron chi connectivity index (χ3n) is 4.56. The molecule has 0 bridgehead atoms. The number of aromatic nitrogens is 1. The van der Waals surface area contributed by atoms with Gasteiger partial charge in [0.1, 0.15) is 0 Å². The number of amides is 2. The number of likely N-dealkylation sites (N-methyl/N-ethyl adjacent to an activating group) is 1. The van der Waals surface area contributed by atoms with Gasteiger partial charge in [-0.15, -0.1) is 11.3 Å². The molecule has 6 heteroatoms. The van der Waals surface area contributed by atoms with Gasteiger partial charge >= 0.3 is 6.03 Å². The van der Waals surface area contributed by atoms with Crippen molar-refractivity contribution in [2.45, 2.75) is 57.4 Å². The lowest BCUT2D eigenvalue weighted by molar-refractivity contribution is 0.217. The van der Waals surface area contributed by atoms with Crippen LogP contribution in [0.4, 0.5) is 4.79 Å². The van der Waals surface area contributed by atoms with E-state index in [-0.39, 0.29) is 17.5 Å². The zero-order valence-corrected chi connectivity index (χ0v) is 14.7. The molecular weight excluding hydrogens is 296 g/mol. The summed E-state index contributed by atoms with van der Waals surface area (Å²) in [6.07, 6.45) is 6.06. The van der Waals surface area contributed by atoms with Crippen LogP contribution in [-0.2, 0) is 0 Å². The summed E-state index contributed by atoms with van der Waals surface area (Å²) in [7, 11) is 2.00. The number of rotatable bonds is 6. The minimum Gasteiger partial charge on any atom is -0.337 e. The van der Waals surface area contributed by atoms with E-state index in [4.69, 9.17) is 0 Å². The molecule has 0 aromatic carbocycles. The van der Waals surface area contributed by atoms with Crippen LogP contribution in [0, 0.1) is 6.92 Å². The molecule has 1 aromatic heterocycles. The van der Waals surface area contributed by atoms with Crippen molar-refractivity contribution in [3.63, 3.8) is 0 Å². The lowest BCUT2D eigenvalue weighted by Gasteiger charge is -2.37. The van der Waals surface area contributed by atoms with Crippen LogP contribution in [0.1, 0.15) is 55.6 Å². The van der Waals surface area contributed by atoms with Crippen molar-refractivity contribution < 1.29 is 4.79 Å². The molecule has 5 nitrogen and oxygen atoms in total. The molecule has 0 spiro atoms. The van der Waals surface area contributed by atoms with Crippen molar-refractivity contribution in [1.29, 1.82) is 0 Å². The summed E-state index contributed by atoms with van der Waals surface area (Å²) in [5, 5.41) is 12.5. The average Bonchev–Trinajstić information content (AvgIpc) is 2.98. The first-order valence-corrected chi connectivity index (χ1v) is 9.05. The van der Waals surface area contributed by atoms with Crippen LogP contribution in [0.3, 0.4) is 0 Å². The van der Waals surface area contributed by atoms with E-state index < -0.39 is 0 Å². The van der Waals surface area contributed by atoms with Gasteiger partial charge in [0.25, 0.3) is 0 Å². The monoisotopic (exact) mass is 324 g/mol. The number of hydrogen-bond donors (Lipinski definition) is 3. The standard InChI is InChI=1S/C16H28N4OS/c1-12(14-20-13(2)10-22-14)9-18-15(21)19-11-16(17-3)7-5-4-6-8-16/h10,12,17H,4-9,11H2,1-3H3,(H2,18,19,21). The molecule has 1 aliphatic rings. The van der Waals surface area contributed by atoms with E-state index in [0.29, 0.717) is 13.1 Å². The molecule has 0 saturated heterocycles. The third kappa shape index (κ3) is 4.68. The van der Waals surface area contributed by atoms with Gasteiger partial charge in [-0.05, 0) is 26.8 Å². The number of nitrogens with one attached hydrogen (secondary N) is 3. The van der Waals surface area contributed by atoms with E-state index in [1.165, 1.54) is 19.3 Å². The van der Waals surface area contributed by atoms with E-state index in [9.17, 15) is 4.79 Å². The molecule has 1 fully saturated rings. The SMILES string of the molecule is CNC1(CNC(=O)NCC(C)c2nc(C)cs2)CCCCC1. The Hall–Kier alpha value is -1.14. The highest BCUT2D eigenvalue weighted by molar-refractivity contribution is 7.09. The molecule has 22 heavy (non-hydrogen) atoms. The maximum Gasteiger partial charge on any atom is 0.314 e. The van der Waals surface area contributed by atoms with Crippen molar-refractivity contribution in [2.75, 3.05) is 20.1 Å². The van der Waals surface area contributed by atoms with Gasteiger partial charge in [0.2, 0.25) is 0 Å². The summed E-state index contributed by atoms with van der Waals surface area (Å²) < 4.78 is 0. The van der Waals surface area contributed by atoms with Gasteiger partial charge in [0.05, 0.1) is 5.01 Å². The Labute approximate surface area is 137 Å². The molecule has 1 atom stereocenters. The fourth-order valence-corrected chi connectivity index (χ4v) is 3.84. The van der Waals surface area contributed by atoms with Crippen LogP contribution < -0.4 is 16.0 Å². The summed E-state index contributed by atoms with van der Waals surface area (Å²) in [6.45, 7) is 5.40. The second kappa shape index (κ2) is 7.92. The summed E-state index contributed by atoms with van der Waals surface area (Å²) >= 11 is 1.66. The normalized spacial score (nSPS) is 18.7. The van der Waals surface area contributed by atoms with Crippen LogP contribution in [-0.4, -0.2) is 36.7 Å². The number of nitrogens with zero attached hydrogens (tertiary/aromatic N) is 1. The molecule has 3 N–H and O–H groups in total. The maximum absolute atomic E-state index is 12.0. The molecular formula is C16H28N4OS. The molecule has 2 rings (SSSR count). The van der Waals surface area contributed by atoms with Crippen LogP contribution in [0.2, 0.25) is 0 Å². The molecule has 1 aliphatic carbocycles. The second-order valence-electron chi connectivity index (χ2n) is 6.38.